The first-order valence-corrected chi connectivity index (χ1v) is 14.9. The van der Waals surface area contributed by atoms with Gasteiger partial charge in [0.15, 0.2) is 5.84 Å². The number of amidine groups is 2. The van der Waals surface area contributed by atoms with Crippen molar-refractivity contribution in [1.82, 2.24) is 5.32 Å². The van der Waals surface area contributed by atoms with Crippen LogP contribution in [0.2, 0.25) is 0 Å². The summed E-state index contributed by atoms with van der Waals surface area (Å²) in [5, 5.41) is 6.11. The Morgan fingerprint density at radius 2 is 1.21 bits per heavy atom. The van der Waals surface area contributed by atoms with Gasteiger partial charge in [0, 0.05) is 16.5 Å². The van der Waals surface area contributed by atoms with Crippen molar-refractivity contribution < 1.29 is 0 Å². The van der Waals surface area contributed by atoms with Gasteiger partial charge in [-0.2, -0.15) is 0 Å². The molecule has 6 aromatic carbocycles. The minimum Gasteiger partial charge on any atom is -0.344 e. The van der Waals surface area contributed by atoms with Crippen LogP contribution in [0.25, 0.3) is 33.0 Å². The lowest BCUT2D eigenvalue weighted by Gasteiger charge is -2.23. The summed E-state index contributed by atoms with van der Waals surface area (Å²) >= 11 is 0. The predicted molar refractivity (Wildman–Crippen MR) is 179 cm³/mol. The van der Waals surface area contributed by atoms with Crippen LogP contribution in [0.15, 0.2) is 150 Å². The fourth-order valence-electron chi connectivity index (χ4n) is 6.64. The maximum atomic E-state index is 5.05. The molecule has 1 aliphatic heterocycles. The number of nitrogens with zero attached hydrogens (tertiary/aromatic N) is 2. The zero-order valence-corrected chi connectivity index (χ0v) is 24.3. The monoisotopic (exact) mass is 553 g/mol. The summed E-state index contributed by atoms with van der Waals surface area (Å²) in [6, 6.07) is 49.6. The van der Waals surface area contributed by atoms with E-state index in [0.29, 0.717) is 0 Å². The SMILES string of the molecule is CC1(C)c2cc3ccccc3cc2-c2c(-c3ccc(C4=NC(c5ccccc5)NC(c5ccccc5)=N4)cc3)cccc21. The molecular formula is C40H31N3. The van der Waals surface area contributed by atoms with E-state index in [1.54, 1.807) is 0 Å². The van der Waals surface area contributed by atoms with Gasteiger partial charge in [0.05, 0.1) is 0 Å². The minimum absolute atomic E-state index is 0.0660. The van der Waals surface area contributed by atoms with Crippen LogP contribution in [0.5, 0.6) is 0 Å². The van der Waals surface area contributed by atoms with E-state index in [9.17, 15) is 0 Å². The molecule has 206 valence electrons. The van der Waals surface area contributed by atoms with Gasteiger partial charge in [0.25, 0.3) is 0 Å². The number of aliphatic imine (C=N–C) groups is 2. The summed E-state index contributed by atoms with van der Waals surface area (Å²) in [6.07, 6.45) is -0.213. The molecule has 1 atom stereocenters. The second-order valence-electron chi connectivity index (χ2n) is 11.9. The van der Waals surface area contributed by atoms with Gasteiger partial charge in [0.2, 0.25) is 0 Å². The third kappa shape index (κ3) is 4.28. The molecule has 1 aliphatic carbocycles. The third-order valence-electron chi connectivity index (χ3n) is 8.93. The molecular weight excluding hydrogens is 522 g/mol. The number of nitrogens with one attached hydrogen (secondary N) is 1. The summed E-state index contributed by atoms with van der Waals surface area (Å²) in [7, 11) is 0. The lowest BCUT2D eigenvalue weighted by atomic mass is 9.81. The second kappa shape index (κ2) is 9.92. The summed E-state index contributed by atoms with van der Waals surface area (Å²) in [5.74, 6) is 1.56. The molecule has 6 aromatic rings. The molecule has 1 N–H and O–H groups in total. The van der Waals surface area contributed by atoms with Crippen molar-refractivity contribution >= 4 is 22.4 Å². The second-order valence-corrected chi connectivity index (χ2v) is 11.9. The lowest BCUT2D eigenvalue weighted by molar-refractivity contribution is 0.661. The van der Waals surface area contributed by atoms with Crippen LogP contribution in [-0.4, -0.2) is 11.7 Å². The van der Waals surface area contributed by atoms with E-state index in [0.717, 1.165) is 28.4 Å². The Hall–Kier alpha value is -5.28. The van der Waals surface area contributed by atoms with E-state index in [1.807, 2.05) is 24.3 Å². The fourth-order valence-corrected chi connectivity index (χ4v) is 6.64. The van der Waals surface area contributed by atoms with Crippen molar-refractivity contribution in [2.24, 2.45) is 9.98 Å². The van der Waals surface area contributed by atoms with Crippen molar-refractivity contribution in [2.45, 2.75) is 25.4 Å². The van der Waals surface area contributed by atoms with Crippen LogP contribution in [-0.2, 0) is 5.41 Å². The topological polar surface area (TPSA) is 36.8 Å². The van der Waals surface area contributed by atoms with Gasteiger partial charge < -0.3 is 5.32 Å². The third-order valence-corrected chi connectivity index (χ3v) is 8.93. The van der Waals surface area contributed by atoms with Crippen molar-refractivity contribution in [3.05, 3.63) is 167 Å². The first-order chi connectivity index (χ1) is 21.1. The molecule has 0 amide bonds. The van der Waals surface area contributed by atoms with Gasteiger partial charge in [-0.3, -0.25) is 0 Å². The summed E-state index contributed by atoms with van der Waals surface area (Å²) in [5.41, 5.74) is 11.0. The van der Waals surface area contributed by atoms with Crippen LogP contribution in [0, 0.1) is 0 Å². The molecule has 0 saturated carbocycles. The number of hydrogen-bond acceptors (Lipinski definition) is 3. The average Bonchev–Trinajstić information content (AvgIpc) is 3.30. The molecule has 0 aromatic heterocycles. The van der Waals surface area contributed by atoms with Crippen LogP contribution >= 0.6 is 0 Å². The first kappa shape index (κ1) is 25.4. The summed E-state index contributed by atoms with van der Waals surface area (Å²) < 4.78 is 0. The summed E-state index contributed by atoms with van der Waals surface area (Å²) in [6.45, 7) is 4.69. The maximum absolute atomic E-state index is 5.05. The van der Waals surface area contributed by atoms with Crippen molar-refractivity contribution in [1.29, 1.82) is 0 Å². The van der Waals surface area contributed by atoms with Crippen molar-refractivity contribution in [2.75, 3.05) is 0 Å². The highest BCUT2D eigenvalue weighted by Crippen LogP contribution is 2.53. The van der Waals surface area contributed by atoms with Gasteiger partial charge in [-0.1, -0.05) is 141 Å². The predicted octanol–water partition coefficient (Wildman–Crippen LogP) is 9.31. The summed E-state index contributed by atoms with van der Waals surface area (Å²) in [4.78, 5) is 10.0. The normalized spacial score (nSPS) is 16.6. The van der Waals surface area contributed by atoms with Gasteiger partial charge in [-0.25, -0.2) is 9.98 Å². The standard InChI is InChI=1S/C40H31N3/c1-40(2)34-19-11-18-32(36(34)33-24-30-16-9-10-17-31(30)25-35(33)40)26-20-22-29(23-21-26)39-42-37(27-12-5-3-6-13-27)41-38(43-39)28-14-7-4-8-15-28/h3-25,37H,1-2H3,(H,41,42,43). The number of hydrogen-bond donors (Lipinski definition) is 1. The molecule has 8 rings (SSSR count). The van der Waals surface area contributed by atoms with Crippen LogP contribution in [0.4, 0.5) is 0 Å². The molecule has 1 unspecified atom stereocenters. The zero-order valence-electron chi connectivity index (χ0n) is 24.3. The van der Waals surface area contributed by atoms with Gasteiger partial charge in [-0.15, -0.1) is 0 Å². The lowest BCUT2D eigenvalue weighted by Crippen LogP contribution is -2.33. The average molecular weight is 554 g/mol. The zero-order chi connectivity index (χ0) is 29.0. The number of benzene rings is 6. The Morgan fingerprint density at radius 3 is 1.95 bits per heavy atom. The minimum atomic E-state index is -0.213. The van der Waals surface area contributed by atoms with E-state index in [-0.39, 0.29) is 11.6 Å². The van der Waals surface area contributed by atoms with Gasteiger partial charge in [-0.05, 0) is 61.8 Å². The van der Waals surface area contributed by atoms with E-state index >= 15 is 0 Å². The van der Waals surface area contributed by atoms with Crippen molar-refractivity contribution in [3.8, 4) is 22.3 Å². The largest absolute Gasteiger partial charge is 0.344 e. The highest BCUT2D eigenvalue weighted by molar-refractivity contribution is 6.13. The van der Waals surface area contributed by atoms with Gasteiger partial charge >= 0.3 is 0 Å². The number of rotatable bonds is 4. The quantitative estimate of drug-likeness (QED) is 0.232. The highest BCUT2D eigenvalue weighted by Gasteiger charge is 2.37. The molecule has 0 saturated heterocycles. The molecule has 0 fully saturated rings. The maximum Gasteiger partial charge on any atom is 0.159 e. The van der Waals surface area contributed by atoms with Crippen LogP contribution in [0.1, 0.15) is 47.8 Å². The molecule has 0 bridgehead atoms. The Kier molecular flexibility index (Phi) is 5.87. The molecule has 43 heavy (non-hydrogen) atoms. The molecule has 2 aliphatic rings. The van der Waals surface area contributed by atoms with E-state index < -0.39 is 0 Å². The molecule has 0 radical (unpaired) electrons. The van der Waals surface area contributed by atoms with E-state index in [2.05, 4.69) is 134 Å². The molecule has 3 heteroatoms. The van der Waals surface area contributed by atoms with Crippen LogP contribution < -0.4 is 5.32 Å². The van der Waals surface area contributed by atoms with Gasteiger partial charge in [0.1, 0.15) is 12.0 Å². The Labute approximate surface area is 252 Å². The van der Waals surface area contributed by atoms with E-state index in [4.69, 9.17) is 9.98 Å². The Balaban J connectivity index is 1.21. The Morgan fingerprint density at radius 1 is 0.558 bits per heavy atom. The van der Waals surface area contributed by atoms with Crippen LogP contribution in [0.3, 0.4) is 0 Å². The molecule has 3 nitrogen and oxygen atoms in total. The smallest absolute Gasteiger partial charge is 0.159 e. The van der Waals surface area contributed by atoms with E-state index in [1.165, 1.54) is 44.2 Å². The molecule has 0 spiro atoms. The Bertz CT molecular complexity index is 2050. The number of fused-ring (bicyclic) bond motifs is 4. The van der Waals surface area contributed by atoms with Crippen molar-refractivity contribution in [3.63, 3.8) is 0 Å². The fraction of sp³-hybridized carbons (Fsp3) is 0.100. The molecule has 1 heterocycles. The first-order valence-electron chi connectivity index (χ1n) is 14.9. The highest BCUT2D eigenvalue weighted by atomic mass is 15.2.